The van der Waals surface area contributed by atoms with E-state index in [0.717, 1.165) is 24.3 Å². The fourth-order valence-electron chi connectivity index (χ4n) is 2.01. The lowest BCUT2D eigenvalue weighted by Crippen LogP contribution is -2.26. The van der Waals surface area contributed by atoms with Gasteiger partial charge in [-0.2, -0.15) is 0 Å². The van der Waals surface area contributed by atoms with Crippen LogP contribution >= 0.6 is 0 Å². The Hall–Kier alpha value is -1.71. The third kappa shape index (κ3) is 1.88. The standard InChI is InChI=1S/C11H15N3O/c12-9-2-1-3-10-8(9)4-6-14(10)7-5-11(13)15/h1-3H,4-7,12H2,(H2,13,15). The number of anilines is 2. The number of carbonyl (C=O) groups is 1. The zero-order valence-electron chi connectivity index (χ0n) is 8.57. The van der Waals surface area contributed by atoms with Crippen molar-refractivity contribution in [2.24, 2.45) is 5.73 Å². The molecule has 4 heteroatoms. The summed E-state index contributed by atoms with van der Waals surface area (Å²) in [4.78, 5) is 12.9. The van der Waals surface area contributed by atoms with Gasteiger partial charge < -0.3 is 16.4 Å². The molecule has 1 aromatic carbocycles. The molecule has 1 aliphatic heterocycles. The number of benzene rings is 1. The largest absolute Gasteiger partial charge is 0.398 e. The summed E-state index contributed by atoms with van der Waals surface area (Å²) in [6, 6.07) is 5.90. The van der Waals surface area contributed by atoms with Gasteiger partial charge in [0.1, 0.15) is 0 Å². The Bertz CT molecular complexity index is 389. The minimum Gasteiger partial charge on any atom is -0.398 e. The molecule has 0 saturated heterocycles. The van der Waals surface area contributed by atoms with Gasteiger partial charge in [-0.15, -0.1) is 0 Å². The first kappa shape index (κ1) is 9.83. The third-order valence-corrected chi connectivity index (χ3v) is 2.79. The minimum absolute atomic E-state index is 0.257. The van der Waals surface area contributed by atoms with Crippen LogP contribution in [0, 0.1) is 0 Å². The van der Waals surface area contributed by atoms with E-state index < -0.39 is 0 Å². The second-order valence-electron chi connectivity index (χ2n) is 3.80. The zero-order chi connectivity index (χ0) is 10.8. The van der Waals surface area contributed by atoms with E-state index >= 15 is 0 Å². The maximum absolute atomic E-state index is 10.7. The van der Waals surface area contributed by atoms with Gasteiger partial charge in [-0.1, -0.05) is 6.07 Å². The van der Waals surface area contributed by atoms with E-state index in [1.807, 2.05) is 18.2 Å². The predicted octanol–water partition coefficient (Wildman–Crippen LogP) is 0.507. The van der Waals surface area contributed by atoms with Gasteiger partial charge in [0, 0.05) is 36.4 Å². The molecule has 2 rings (SSSR count). The average Bonchev–Trinajstić information content (AvgIpc) is 2.59. The van der Waals surface area contributed by atoms with Gasteiger partial charge in [-0.3, -0.25) is 4.79 Å². The molecule has 0 unspecified atom stereocenters. The quantitative estimate of drug-likeness (QED) is 0.706. The number of nitrogens with zero attached hydrogens (tertiary/aromatic N) is 1. The summed E-state index contributed by atoms with van der Waals surface area (Å²) in [5, 5.41) is 0. The summed E-state index contributed by atoms with van der Waals surface area (Å²) in [7, 11) is 0. The van der Waals surface area contributed by atoms with Crippen LogP contribution in [-0.2, 0) is 11.2 Å². The van der Waals surface area contributed by atoms with Crippen molar-refractivity contribution in [3.05, 3.63) is 23.8 Å². The van der Waals surface area contributed by atoms with Crippen molar-refractivity contribution >= 4 is 17.3 Å². The zero-order valence-corrected chi connectivity index (χ0v) is 8.57. The highest BCUT2D eigenvalue weighted by atomic mass is 16.1. The maximum atomic E-state index is 10.7. The lowest BCUT2D eigenvalue weighted by Gasteiger charge is -2.18. The molecule has 0 saturated carbocycles. The third-order valence-electron chi connectivity index (χ3n) is 2.79. The predicted molar refractivity (Wildman–Crippen MR) is 60.6 cm³/mol. The van der Waals surface area contributed by atoms with Crippen LogP contribution in [0.25, 0.3) is 0 Å². The molecule has 0 aliphatic carbocycles. The van der Waals surface area contributed by atoms with Gasteiger partial charge in [0.15, 0.2) is 0 Å². The number of carbonyl (C=O) groups excluding carboxylic acids is 1. The number of rotatable bonds is 3. The van der Waals surface area contributed by atoms with Crippen molar-refractivity contribution in [1.29, 1.82) is 0 Å². The Morgan fingerprint density at radius 3 is 3.00 bits per heavy atom. The Morgan fingerprint density at radius 2 is 2.27 bits per heavy atom. The van der Waals surface area contributed by atoms with Gasteiger partial charge in [-0.05, 0) is 18.6 Å². The van der Waals surface area contributed by atoms with Crippen LogP contribution < -0.4 is 16.4 Å². The van der Waals surface area contributed by atoms with E-state index in [-0.39, 0.29) is 5.91 Å². The van der Waals surface area contributed by atoms with Crippen LogP contribution in [0.3, 0.4) is 0 Å². The first-order chi connectivity index (χ1) is 7.18. The lowest BCUT2D eigenvalue weighted by atomic mass is 10.1. The van der Waals surface area contributed by atoms with Gasteiger partial charge in [0.05, 0.1) is 0 Å². The molecule has 0 bridgehead atoms. The molecule has 80 valence electrons. The highest BCUT2D eigenvalue weighted by Gasteiger charge is 2.20. The Balaban J connectivity index is 2.14. The van der Waals surface area contributed by atoms with E-state index in [1.54, 1.807) is 0 Å². The molecular formula is C11H15N3O. The van der Waals surface area contributed by atoms with Gasteiger partial charge in [0.2, 0.25) is 5.91 Å². The number of primary amides is 1. The normalized spacial score (nSPS) is 14.0. The number of hydrogen-bond acceptors (Lipinski definition) is 3. The molecule has 0 atom stereocenters. The van der Waals surface area contributed by atoms with E-state index in [1.165, 1.54) is 5.56 Å². The summed E-state index contributed by atoms with van der Waals surface area (Å²) in [5.74, 6) is -0.257. The van der Waals surface area contributed by atoms with Crippen LogP contribution in [0.15, 0.2) is 18.2 Å². The monoisotopic (exact) mass is 205 g/mol. The summed E-state index contributed by atoms with van der Waals surface area (Å²) < 4.78 is 0. The SMILES string of the molecule is NC(=O)CCN1CCc2c(N)cccc21. The molecule has 1 aromatic rings. The maximum Gasteiger partial charge on any atom is 0.219 e. The Morgan fingerprint density at radius 1 is 1.47 bits per heavy atom. The molecule has 4 nitrogen and oxygen atoms in total. The van der Waals surface area contributed by atoms with Crippen molar-refractivity contribution in [2.75, 3.05) is 23.7 Å². The number of nitrogen functional groups attached to an aromatic ring is 1. The highest BCUT2D eigenvalue weighted by Crippen LogP contribution is 2.31. The van der Waals surface area contributed by atoms with Crippen molar-refractivity contribution in [3.63, 3.8) is 0 Å². The number of fused-ring (bicyclic) bond motifs is 1. The molecule has 1 amide bonds. The molecule has 0 spiro atoms. The summed E-state index contributed by atoms with van der Waals surface area (Å²) in [6.45, 7) is 1.61. The number of nitrogens with two attached hydrogens (primary N) is 2. The van der Waals surface area contributed by atoms with Crippen LogP contribution in [0.2, 0.25) is 0 Å². The Kier molecular flexibility index (Phi) is 2.49. The van der Waals surface area contributed by atoms with Crippen LogP contribution in [0.5, 0.6) is 0 Å². The number of hydrogen-bond donors (Lipinski definition) is 2. The first-order valence-corrected chi connectivity index (χ1v) is 5.09. The van der Waals surface area contributed by atoms with Crippen LogP contribution in [0.1, 0.15) is 12.0 Å². The van der Waals surface area contributed by atoms with Crippen molar-refractivity contribution in [1.82, 2.24) is 0 Å². The average molecular weight is 205 g/mol. The Labute approximate surface area is 88.9 Å². The molecule has 0 fully saturated rings. The molecule has 1 aliphatic rings. The topological polar surface area (TPSA) is 72.4 Å². The summed E-state index contributed by atoms with van der Waals surface area (Å²) in [6.07, 6.45) is 1.36. The number of amides is 1. The molecule has 1 heterocycles. The first-order valence-electron chi connectivity index (χ1n) is 5.09. The minimum atomic E-state index is -0.257. The molecular weight excluding hydrogens is 190 g/mol. The summed E-state index contributed by atoms with van der Waals surface area (Å²) >= 11 is 0. The summed E-state index contributed by atoms with van der Waals surface area (Å²) in [5.41, 5.74) is 14.2. The van der Waals surface area contributed by atoms with Crippen LogP contribution in [-0.4, -0.2) is 19.0 Å². The highest BCUT2D eigenvalue weighted by molar-refractivity contribution is 5.75. The van der Waals surface area contributed by atoms with Crippen molar-refractivity contribution < 1.29 is 4.79 Å². The molecule has 15 heavy (non-hydrogen) atoms. The van der Waals surface area contributed by atoms with E-state index in [4.69, 9.17) is 11.5 Å². The van der Waals surface area contributed by atoms with E-state index in [2.05, 4.69) is 4.90 Å². The van der Waals surface area contributed by atoms with Gasteiger partial charge in [0.25, 0.3) is 0 Å². The van der Waals surface area contributed by atoms with E-state index in [9.17, 15) is 4.79 Å². The fraction of sp³-hybridized carbons (Fsp3) is 0.364. The van der Waals surface area contributed by atoms with Crippen LogP contribution in [0.4, 0.5) is 11.4 Å². The second kappa shape index (κ2) is 3.81. The molecule has 0 aromatic heterocycles. The second-order valence-corrected chi connectivity index (χ2v) is 3.80. The van der Waals surface area contributed by atoms with Crippen molar-refractivity contribution in [2.45, 2.75) is 12.8 Å². The van der Waals surface area contributed by atoms with Crippen molar-refractivity contribution in [3.8, 4) is 0 Å². The van der Waals surface area contributed by atoms with Gasteiger partial charge >= 0.3 is 0 Å². The fourth-order valence-corrected chi connectivity index (χ4v) is 2.01. The molecule has 4 N–H and O–H groups in total. The smallest absolute Gasteiger partial charge is 0.219 e. The van der Waals surface area contributed by atoms with Gasteiger partial charge in [-0.25, -0.2) is 0 Å². The molecule has 0 radical (unpaired) electrons. The lowest BCUT2D eigenvalue weighted by molar-refractivity contribution is -0.117. The van der Waals surface area contributed by atoms with E-state index in [0.29, 0.717) is 13.0 Å².